The van der Waals surface area contributed by atoms with Gasteiger partial charge < -0.3 is 15.0 Å². The Balaban J connectivity index is 1.60. The van der Waals surface area contributed by atoms with Gasteiger partial charge in [-0.25, -0.2) is 4.98 Å². The lowest BCUT2D eigenvalue weighted by atomic mass is 10.0. The number of rotatable bonds is 5. The molecule has 0 saturated carbocycles. The highest BCUT2D eigenvalue weighted by Gasteiger charge is 2.21. The molecule has 4 rings (SSSR count). The van der Waals surface area contributed by atoms with Gasteiger partial charge in [-0.05, 0) is 31.6 Å². The van der Waals surface area contributed by atoms with Crippen LogP contribution in [0.4, 0.5) is 11.8 Å². The third-order valence-corrected chi connectivity index (χ3v) is 5.26. The van der Waals surface area contributed by atoms with Gasteiger partial charge in [-0.3, -0.25) is 0 Å². The standard InChI is InChI=1S/C21H28N4O/c1-16-7-5-11-25(15-16)21-23-19(17-8-3-2-4-9-17)13-20(24-21)22-14-18-10-6-12-26-18/h2-4,8-9,13,16,18H,5-7,10-12,14-15H2,1H3,(H,22,23,24). The molecule has 1 aromatic heterocycles. The van der Waals surface area contributed by atoms with E-state index in [1.807, 2.05) is 6.07 Å². The van der Waals surface area contributed by atoms with Gasteiger partial charge in [0.25, 0.3) is 0 Å². The molecular formula is C21H28N4O. The van der Waals surface area contributed by atoms with Crippen molar-refractivity contribution in [2.75, 3.05) is 36.5 Å². The number of nitrogens with one attached hydrogen (secondary N) is 1. The van der Waals surface area contributed by atoms with Crippen LogP contribution in [-0.2, 0) is 4.74 Å². The first kappa shape index (κ1) is 17.3. The Hall–Kier alpha value is -2.14. The van der Waals surface area contributed by atoms with Crippen LogP contribution in [-0.4, -0.2) is 42.3 Å². The van der Waals surface area contributed by atoms with Crippen molar-refractivity contribution in [1.29, 1.82) is 0 Å². The molecule has 5 heteroatoms. The highest BCUT2D eigenvalue weighted by Crippen LogP contribution is 2.26. The van der Waals surface area contributed by atoms with E-state index in [0.29, 0.717) is 12.0 Å². The van der Waals surface area contributed by atoms with E-state index in [2.05, 4.69) is 47.5 Å². The molecule has 2 saturated heterocycles. The topological polar surface area (TPSA) is 50.3 Å². The van der Waals surface area contributed by atoms with E-state index in [-0.39, 0.29) is 0 Å². The van der Waals surface area contributed by atoms with Crippen molar-refractivity contribution in [2.45, 2.75) is 38.7 Å². The Kier molecular flexibility index (Phi) is 5.34. The van der Waals surface area contributed by atoms with Crippen molar-refractivity contribution in [2.24, 2.45) is 5.92 Å². The van der Waals surface area contributed by atoms with Crippen LogP contribution < -0.4 is 10.2 Å². The average Bonchev–Trinajstić information content (AvgIpc) is 3.20. The van der Waals surface area contributed by atoms with Crippen LogP contribution in [0.2, 0.25) is 0 Å². The van der Waals surface area contributed by atoms with Crippen molar-refractivity contribution in [3.05, 3.63) is 36.4 Å². The summed E-state index contributed by atoms with van der Waals surface area (Å²) in [6.45, 7) is 6.06. The number of hydrogen-bond acceptors (Lipinski definition) is 5. The van der Waals surface area contributed by atoms with Crippen LogP contribution in [0.3, 0.4) is 0 Å². The first-order valence-electron chi connectivity index (χ1n) is 9.83. The van der Waals surface area contributed by atoms with Crippen molar-refractivity contribution in [1.82, 2.24) is 9.97 Å². The van der Waals surface area contributed by atoms with E-state index in [0.717, 1.165) is 62.1 Å². The van der Waals surface area contributed by atoms with Gasteiger partial charge in [-0.1, -0.05) is 37.3 Å². The fourth-order valence-corrected chi connectivity index (χ4v) is 3.82. The summed E-state index contributed by atoms with van der Waals surface area (Å²) in [5, 5.41) is 3.48. The number of ether oxygens (including phenoxy) is 1. The molecule has 0 bridgehead atoms. The molecule has 138 valence electrons. The molecule has 26 heavy (non-hydrogen) atoms. The van der Waals surface area contributed by atoms with Crippen molar-refractivity contribution < 1.29 is 4.74 Å². The van der Waals surface area contributed by atoms with Crippen LogP contribution in [0.25, 0.3) is 11.3 Å². The zero-order valence-electron chi connectivity index (χ0n) is 15.5. The molecule has 2 fully saturated rings. The SMILES string of the molecule is CC1CCCN(c2nc(NCC3CCCO3)cc(-c3ccccc3)n2)C1. The summed E-state index contributed by atoms with van der Waals surface area (Å²) in [4.78, 5) is 12.0. The molecule has 3 heterocycles. The minimum Gasteiger partial charge on any atom is -0.376 e. The van der Waals surface area contributed by atoms with E-state index < -0.39 is 0 Å². The second-order valence-electron chi connectivity index (χ2n) is 7.51. The number of anilines is 2. The third-order valence-electron chi connectivity index (χ3n) is 5.26. The lowest BCUT2D eigenvalue weighted by molar-refractivity contribution is 0.120. The third kappa shape index (κ3) is 4.15. The maximum absolute atomic E-state index is 5.73. The molecule has 2 aliphatic rings. The summed E-state index contributed by atoms with van der Waals surface area (Å²) in [7, 11) is 0. The fourth-order valence-electron chi connectivity index (χ4n) is 3.82. The Bertz CT molecular complexity index is 715. The van der Waals surface area contributed by atoms with Crippen LogP contribution in [0, 0.1) is 5.92 Å². The summed E-state index contributed by atoms with van der Waals surface area (Å²) in [6, 6.07) is 12.4. The molecule has 0 aliphatic carbocycles. The second kappa shape index (κ2) is 8.04. The zero-order valence-corrected chi connectivity index (χ0v) is 15.5. The summed E-state index contributed by atoms with van der Waals surface area (Å²) in [5.41, 5.74) is 2.10. The number of nitrogens with zero attached hydrogens (tertiary/aromatic N) is 3. The molecule has 2 atom stereocenters. The summed E-state index contributed by atoms with van der Waals surface area (Å²) in [6.07, 6.45) is 5.07. The first-order chi connectivity index (χ1) is 12.8. The van der Waals surface area contributed by atoms with Crippen LogP contribution in [0.15, 0.2) is 36.4 Å². The van der Waals surface area contributed by atoms with E-state index in [1.54, 1.807) is 0 Å². The number of piperidine rings is 1. The predicted octanol–water partition coefficient (Wildman–Crippen LogP) is 3.97. The molecule has 5 nitrogen and oxygen atoms in total. The number of aromatic nitrogens is 2. The number of hydrogen-bond donors (Lipinski definition) is 1. The Morgan fingerprint density at radius 3 is 2.81 bits per heavy atom. The minimum atomic E-state index is 0.295. The quantitative estimate of drug-likeness (QED) is 0.882. The van der Waals surface area contributed by atoms with Crippen molar-refractivity contribution in [3.8, 4) is 11.3 Å². The summed E-state index contributed by atoms with van der Waals surface area (Å²) < 4.78 is 5.73. The lowest BCUT2D eigenvalue weighted by Gasteiger charge is -2.31. The smallest absolute Gasteiger partial charge is 0.227 e. The van der Waals surface area contributed by atoms with Gasteiger partial charge in [-0.15, -0.1) is 0 Å². The van der Waals surface area contributed by atoms with Gasteiger partial charge in [0.2, 0.25) is 5.95 Å². The normalized spacial score (nSPS) is 23.2. The van der Waals surface area contributed by atoms with Gasteiger partial charge in [0.05, 0.1) is 11.8 Å². The van der Waals surface area contributed by atoms with E-state index >= 15 is 0 Å². The first-order valence-corrected chi connectivity index (χ1v) is 9.83. The molecule has 2 aromatic rings. The van der Waals surface area contributed by atoms with E-state index in [4.69, 9.17) is 14.7 Å². The van der Waals surface area contributed by atoms with Crippen molar-refractivity contribution in [3.63, 3.8) is 0 Å². The van der Waals surface area contributed by atoms with Gasteiger partial charge in [0.1, 0.15) is 5.82 Å². The van der Waals surface area contributed by atoms with Gasteiger partial charge in [0, 0.05) is 37.9 Å². The van der Waals surface area contributed by atoms with Crippen LogP contribution in [0.1, 0.15) is 32.6 Å². The maximum Gasteiger partial charge on any atom is 0.227 e. The van der Waals surface area contributed by atoms with Crippen LogP contribution in [0.5, 0.6) is 0 Å². The highest BCUT2D eigenvalue weighted by atomic mass is 16.5. The van der Waals surface area contributed by atoms with Gasteiger partial charge >= 0.3 is 0 Å². The largest absolute Gasteiger partial charge is 0.376 e. The minimum absolute atomic E-state index is 0.295. The lowest BCUT2D eigenvalue weighted by Crippen LogP contribution is -2.35. The molecule has 0 radical (unpaired) electrons. The summed E-state index contributed by atoms with van der Waals surface area (Å²) >= 11 is 0. The van der Waals surface area contributed by atoms with Gasteiger partial charge in [-0.2, -0.15) is 4.98 Å². The number of benzene rings is 1. The summed E-state index contributed by atoms with van der Waals surface area (Å²) in [5.74, 6) is 2.42. The maximum atomic E-state index is 5.73. The van der Waals surface area contributed by atoms with Gasteiger partial charge in [0.15, 0.2) is 0 Å². The molecule has 2 unspecified atom stereocenters. The second-order valence-corrected chi connectivity index (χ2v) is 7.51. The molecule has 0 spiro atoms. The Morgan fingerprint density at radius 2 is 2.04 bits per heavy atom. The van der Waals surface area contributed by atoms with Crippen molar-refractivity contribution >= 4 is 11.8 Å². The molecule has 2 aliphatic heterocycles. The van der Waals surface area contributed by atoms with Crippen LogP contribution >= 0.6 is 0 Å². The molecule has 1 aromatic carbocycles. The molecule has 1 N–H and O–H groups in total. The molecular weight excluding hydrogens is 324 g/mol. The monoisotopic (exact) mass is 352 g/mol. The van der Waals surface area contributed by atoms with E-state index in [1.165, 1.54) is 12.8 Å². The molecule has 0 amide bonds. The average molecular weight is 352 g/mol. The Labute approximate surface area is 155 Å². The highest BCUT2D eigenvalue weighted by molar-refractivity contribution is 5.64. The fraction of sp³-hybridized carbons (Fsp3) is 0.524. The zero-order chi connectivity index (χ0) is 17.8. The predicted molar refractivity (Wildman–Crippen MR) is 106 cm³/mol. The Morgan fingerprint density at radius 1 is 1.15 bits per heavy atom. The van der Waals surface area contributed by atoms with E-state index in [9.17, 15) is 0 Å².